The van der Waals surface area contributed by atoms with Crippen LogP contribution in [0.2, 0.25) is 0 Å². The largest absolute Gasteiger partial charge is 0.507 e. The van der Waals surface area contributed by atoms with Gasteiger partial charge in [-0.25, -0.2) is 0 Å². The maximum atomic E-state index is 13.6. The Hall–Kier alpha value is -4.26. The third-order valence-corrected chi connectivity index (χ3v) is 6.63. The van der Waals surface area contributed by atoms with Crippen LogP contribution in [0.15, 0.2) is 66.2 Å². The van der Waals surface area contributed by atoms with E-state index in [4.69, 9.17) is 9.47 Å². The highest BCUT2D eigenvalue weighted by molar-refractivity contribution is 6.51. The van der Waals surface area contributed by atoms with Crippen molar-refractivity contribution in [2.75, 3.05) is 31.0 Å². The maximum Gasteiger partial charge on any atom is 0.300 e. The summed E-state index contributed by atoms with van der Waals surface area (Å²) in [6.07, 6.45) is -0.0555. The number of aliphatic hydroxyl groups is 1. The average molecular weight is 515 g/mol. The molecule has 4 rings (SSSR count). The second-order valence-electron chi connectivity index (χ2n) is 9.96. The first kappa shape index (κ1) is 26.8. The van der Waals surface area contributed by atoms with Gasteiger partial charge in [-0.15, -0.1) is 0 Å². The summed E-state index contributed by atoms with van der Waals surface area (Å²) in [5, 5.41) is 11.6. The highest BCUT2D eigenvalue weighted by atomic mass is 16.5. The molecule has 0 radical (unpaired) electrons. The molecule has 38 heavy (non-hydrogen) atoms. The van der Waals surface area contributed by atoms with Crippen LogP contribution in [0.1, 0.15) is 42.1 Å². The van der Waals surface area contributed by atoms with Crippen molar-refractivity contribution in [2.24, 2.45) is 0 Å². The van der Waals surface area contributed by atoms with E-state index in [9.17, 15) is 14.7 Å². The number of hydrogen-bond donors (Lipinski definition) is 1. The van der Waals surface area contributed by atoms with Crippen molar-refractivity contribution in [3.63, 3.8) is 0 Å². The Bertz CT molecular complexity index is 1410. The Morgan fingerprint density at radius 1 is 0.974 bits per heavy atom. The number of carbonyl (C=O) groups is 2. The number of amides is 1. The highest BCUT2D eigenvalue weighted by Gasteiger charge is 2.47. The number of hydrogen-bond acceptors (Lipinski definition) is 6. The molecule has 7 heteroatoms. The van der Waals surface area contributed by atoms with Gasteiger partial charge in [0.1, 0.15) is 17.3 Å². The molecule has 3 aromatic rings. The molecule has 0 aliphatic carbocycles. The lowest BCUT2D eigenvalue weighted by Crippen LogP contribution is -2.29. The van der Waals surface area contributed by atoms with Crippen molar-refractivity contribution >= 4 is 28.8 Å². The zero-order valence-corrected chi connectivity index (χ0v) is 22.9. The fourth-order valence-corrected chi connectivity index (χ4v) is 4.77. The molecule has 1 heterocycles. The summed E-state index contributed by atoms with van der Waals surface area (Å²) >= 11 is 0. The number of rotatable bonds is 7. The Morgan fingerprint density at radius 3 is 2.26 bits per heavy atom. The molecule has 1 aliphatic rings. The molecule has 1 N–H and O–H groups in total. The molecule has 1 amide bonds. The van der Waals surface area contributed by atoms with Crippen LogP contribution < -0.4 is 19.3 Å². The quantitative estimate of drug-likeness (QED) is 0.244. The van der Waals surface area contributed by atoms with Crippen molar-refractivity contribution in [1.82, 2.24) is 0 Å². The number of Topliss-reactive ketones (excluding diaryl/α,β-unsaturated/α-hetero) is 1. The zero-order chi connectivity index (χ0) is 27.7. The molecular formula is C31H34N2O5. The second kappa shape index (κ2) is 10.6. The number of anilines is 2. The van der Waals surface area contributed by atoms with E-state index in [-0.39, 0.29) is 17.4 Å². The minimum absolute atomic E-state index is 0.0287. The maximum absolute atomic E-state index is 13.6. The lowest BCUT2D eigenvalue weighted by atomic mass is 9.93. The van der Waals surface area contributed by atoms with Gasteiger partial charge in [0.25, 0.3) is 11.7 Å². The standard InChI is InChI=1S/C31H34N2O5/c1-18(2)38-24-10-8-9-21(17-24)28-27(29(34)25-15-20(4)26(37-7)16-19(25)3)30(35)31(36)33(28)23-13-11-22(12-14-23)32(5)6/h8-18,28,34H,1-7H3/b29-27+. The highest BCUT2D eigenvalue weighted by Crippen LogP contribution is 2.44. The van der Waals surface area contributed by atoms with Gasteiger partial charge in [-0.2, -0.15) is 0 Å². The molecule has 0 bridgehead atoms. The molecule has 1 aliphatic heterocycles. The van der Waals surface area contributed by atoms with Crippen molar-refractivity contribution in [1.29, 1.82) is 0 Å². The Balaban J connectivity index is 1.95. The molecule has 0 saturated carbocycles. The lowest BCUT2D eigenvalue weighted by Gasteiger charge is -2.26. The first-order valence-corrected chi connectivity index (χ1v) is 12.5. The van der Waals surface area contributed by atoms with Gasteiger partial charge >= 0.3 is 0 Å². The van der Waals surface area contributed by atoms with Crippen molar-refractivity contribution < 1.29 is 24.2 Å². The molecule has 1 saturated heterocycles. The number of ether oxygens (including phenoxy) is 2. The van der Waals surface area contributed by atoms with E-state index >= 15 is 0 Å². The number of carbonyl (C=O) groups excluding carboxylic acids is 2. The molecule has 0 spiro atoms. The van der Waals surface area contributed by atoms with Gasteiger partial charge in [0, 0.05) is 31.0 Å². The van der Waals surface area contributed by atoms with Gasteiger partial charge < -0.3 is 19.5 Å². The van der Waals surface area contributed by atoms with Crippen LogP contribution in [0, 0.1) is 13.8 Å². The minimum Gasteiger partial charge on any atom is -0.507 e. The van der Waals surface area contributed by atoms with E-state index in [1.54, 1.807) is 13.2 Å². The monoisotopic (exact) mass is 514 g/mol. The van der Waals surface area contributed by atoms with Crippen LogP contribution in [0.3, 0.4) is 0 Å². The summed E-state index contributed by atoms with van der Waals surface area (Å²) in [4.78, 5) is 30.5. The summed E-state index contributed by atoms with van der Waals surface area (Å²) in [6.45, 7) is 7.56. The smallest absolute Gasteiger partial charge is 0.300 e. The van der Waals surface area contributed by atoms with E-state index in [0.29, 0.717) is 28.3 Å². The number of benzene rings is 3. The van der Waals surface area contributed by atoms with Gasteiger partial charge in [-0.05, 0) is 92.9 Å². The molecule has 1 unspecified atom stereocenters. The number of aryl methyl sites for hydroxylation is 2. The van der Waals surface area contributed by atoms with Crippen molar-refractivity contribution in [3.05, 3.63) is 88.5 Å². The van der Waals surface area contributed by atoms with Crippen LogP contribution in [-0.2, 0) is 9.59 Å². The van der Waals surface area contributed by atoms with Crippen LogP contribution in [0.4, 0.5) is 11.4 Å². The SMILES string of the molecule is COc1cc(C)c(/C(O)=C2\C(=O)C(=O)N(c3ccc(N(C)C)cc3)C2c2cccc(OC(C)C)c2)cc1C. The Labute approximate surface area is 223 Å². The third kappa shape index (κ3) is 4.96. The predicted octanol–water partition coefficient (Wildman–Crippen LogP) is 5.79. The summed E-state index contributed by atoms with van der Waals surface area (Å²) < 4.78 is 11.3. The predicted molar refractivity (Wildman–Crippen MR) is 150 cm³/mol. The fraction of sp³-hybridized carbons (Fsp3) is 0.290. The average Bonchev–Trinajstić information content (AvgIpc) is 3.14. The van der Waals surface area contributed by atoms with Crippen LogP contribution in [0.5, 0.6) is 11.5 Å². The second-order valence-corrected chi connectivity index (χ2v) is 9.96. The third-order valence-electron chi connectivity index (χ3n) is 6.63. The first-order chi connectivity index (χ1) is 18.0. The van der Waals surface area contributed by atoms with Gasteiger partial charge in [0.2, 0.25) is 0 Å². The van der Waals surface area contributed by atoms with Crippen molar-refractivity contribution in [3.8, 4) is 11.5 Å². The Morgan fingerprint density at radius 2 is 1.66 bits per heavy atom. The minimum atomic E-state index is -0.849. The molecular weight excluding hydrogens is 480 g/mol. The summed E-state index contributed by atoms with van der Waals surface area (Å²) in [5.41, 5.74) is 4.20. The molecule has 3 aromatic carbocycles. The number of nitrogens with zero attached hydrogens (tertiary/aromatic N) is 2. The zero-order valence-electron chi connectivity index (χ0n) is 22.9. The molecule has 1 fully saturated rings. The molecule has 7 nitrogen and oxygen atoms in total. The Kier molecular flexibility index (Phi) is 7.49. The van der Waals surface area contributed by atoms with Gasteiger partial charge in [0.05, 0.1) is 24.8 Å². The number of ketones is 1. The van der Waals surface area contributed by atoms with E-state index < -0.39 is 17.7 Å². The van der Waals surface area contributed by atoms with Gasteiger partial charge in [0.15, 0.2) is 0 Å². The summed E-state index contributed by atoms with van der Waals surface area (Å²) in [5.74, 6) is -0.378. The number of aliphatic hydroxyl groups excluding tert-OH is 1. The topological polar surface area (TPSA) is 79.3 Å². The van der Waals surface area contributed by atoms with E-state index in [2.05, 4.69) is 0 Å². The van der Waals surface area contributed by atoms with Crippen LogP contribution in [0.25, 0.3) is 5.76 Å². The normalized spacial score (nSPS) is 16.7. The van der Waals surface area contributed by atoms with E-state index in [0.717, 1.165) is 16.8 Å². The molecule has 198 valence electrons. The van der Waals surface area contributed by atoms with Gasteiger partial charge in [-0.3, -0.25) is 14.5 Å². The van der Waals surface area contributed by atoms with Crippen LogP contribution in [-0.4, -0.2) is 44.1 Å². The summed E-state index contributed by atoms with van der Waals surface area (Å²) in [6, 6.07) is 17.4. The van der Waals surface area contributed by atoms with E-state index in [1.165, 1.54) is 4.90 Å². The molecule has 0 aromatic heterocycles. The first-order valence-electron chi connectivity index (χ1n) is 12.5. The summed E-state index contributed by atoms with van der Waals surface area (Å²) in [7, 11) is 5.45. The number of methoxy groups -OCH3 is 1. The van der Waals surface area contributed by atoms with E-state index in [1.807, 2.05) is 101 Å². The van der Waals surface area contributed by atoms with Crippen molar-refractivity contribution in [2.45, 2.75) is 39.8 Å². The fourth-order valence-electron chi connectivity index (χ4n) is 4.77. The lowest BCUT2D eigenvalue weighted by molar-refractivity contribution is -0.132. The van der Waals surface area contributed by atoms with Crippen LogP contribution >= 0.6 is 0 Å². The van der Waals surface area contributed by atoms with Gasteiger partial charge in [-0.1, -0.05) is 12.1 Å². The molecule has 1 atom stereocenters.